The molecule has 0 aliphatic carbocycles. The highest BCUT2D eigenvalue weighted by atomic mass is 35.5. The van der Waals surface area contributed by atoms with E-state index in [1.165, 1.54) is 12.1 Å². The van der Waals surface area contributed by atoms with Crippen molar-refractivity contribution in [3.05, 3.63) is 70.6 Å². The van der Waals surface area contributed by atoms with Gasteiger partial charge in [-0.3, -0.25) is 19.2 Å². The summed E-state index contributed by atoms with van der Waals surface area (Å²) in [6, 6.07) is 11.8. The van der Waals surface area contributed by atoms with Gasteiger partial charge in [-0.1, -0.05) is 11.6 Å². The summed E-state index contributed by atoms with van der Waals surface area (Å²) in [4.78, 5) is 30.0. The van der Waals surface area contributed by atoms with Crippen LogP contribution in [0.2, 0.25) is 5.02 Å². The SMILES string of the molecule is CC(C)(C)n1ncc(C(=O)Nc2ccc(Cl)c(CN3CCC(N4CCOCC4=O)CC3)c2)c1-c1ccc(F)cc1. The van der Waals surface area contributed by atoms with Gasteiger partial charge < -0.3 is 15.0 Å². The lowest BCUT2D eigenvalue weighted by Crippen LogP contribution is -2.51. The van der Waals surface area contributed by atoms with Crippen LogP contribution in [0.25, 0.3) is 11.3 Å². The standard InChI is InChI=1S/C30H35ClFN5O3/c1-30(2,3)37-28(20-4-6-22(32)7-5-20)25(17-33-37)29(39)34-23-8-9-26(31)21(16-23)18-35-12-10-24(11-13-35)36-14-15-40-19-27(36)38/h4-9,16-17,24H,10-15,18-19H2,1-3H3,(H,34,39). The third-order valence-electron chi connectivity index (χ3n) is 7.48. The Morgan fingerprint density at radius 1 is 1.12 bits per heavy atom. The van der Waals surface area contributed by atoms with E-state index >= 15 is 0 Å². The summed E-state index contributed by atoms with van der Waals surface area (Å²) in [6.45, 7) is 9.80. The highest BCUT2D eigenvalue weighted by molar-refractivity contribution is 6.31. The quantitative estimate of drug-likeness (QED) is 0.444. The first-order valence-corrected chi connectivity index (χ1v) is 14.0. The van der Waals surface area contributed by atoms with Gasteiger partial charge in [0, 0.05) is 48.5 Å². The average molecular weight is 568 g/mol. The Balaban J connectivity index is 1.29. The van der Waals surface area contributed by atoms with Gasteiger partial charge in [0.25, 0.3) is 5.91 Å². The number of ether oxygens (including phenoxy) is 1. The van der Waals surface area contributed by atoms with Crippen LogP contribution in [-0.2, 0) is 21.6 Å². The predicted molar refractivity (Wildman–Crippen MR) is 153 cm³/mol. The van der Waals surface area contributed by atoms with Gasteiger partial charge in [0.05, 0.1) is 29.6 Å². The second kappa shape index (κ2) is 11.7. The Morgan fingerprint density at radius 3 is 2.52 bits per heavy atom. The van der Waals surface area contributed by atoms with Gasteiger partial charge in [-0.2, -0.15) is 5.10 Å². The fraction of sp³-hybridized carbons (Fsp3) is 0.433. The third-order valence-corrected chi connectivity index (χ3v) is 7.85. The molecule has 3 heterocycles. The molecule has 2 aromatic carbocycles. The maximum absolute atomic E-state index is 13.6. The van der Waals surface area contributed by atoms with Crippen molar-refractivity contribution in [2.75, 3.05) is 38.2 Å². The van der Waals surface area contributed by atoms with E-state index < -0.39 is 5.54 Å². The van der Waals surface area contributed by atoms with E-state index in [-0.39, 0.29) is 30.3 Å². The van der Waals surface area contributed by atoms with Crippen LogP contribution in [0.15, 0.2) is 48.7 Å². The van der Waals surface area contributed by atoms with Crippen LogP contribution < -0.4 is 5.32 Å². The number of rotatable bonds is 6. The van der Waals surface area contributed by atoms with Crippen LogP contribution >= 0.6 is 11.6 Å². The van der Waals surface area contributed by atoms with Gasteiger partial charge >= 0.3 is 0 Å². The van der Waals surface area contributed by atoms with Crippen LogP contribution in [0.1, 0.15) is 49.5 Å². The number of aromatic nitrogens is 2. The number of nitrogens with one attached hydrogen (secondary N) is 1. The third kappa shape index (κ3) is 6.22. The molecule has 2 saturated heterocycles. The second-order valence-corrected chi connectivity index (χ2v) is 11.8. The minimum atomic E-state index is -0.391. The van der Waals surface area contributed by atoms with Gasteiger partial charge in [0.1, 0.15) is 12.4 Å². The van der Waals surface area contributed by atoms with E-state index in [1.807, 2.05) is 31.7 Å². The molecular formula is C30H35ClFN5O3. The zero-order chi connectivity index (χ0) is 28.4. The van der Waals surface area contributed by atoms with Crippen molar-refractivity contribution in [2.24, 2.45) is 0 Å². The first kappa shape index (κ1) is 28.3. The van der Waals surface area contributed by atoms with Gasteiger partial charge in [0.2, 0.25) is 5.91 Å². The molecule has 2 fully saturated rings. The lowest BCUT2D eigenvalue weighted by molar-refractivity contribution is -0.146. The highest BCUT2D eigenvalue weighted by Gasteiger charge is 2.30. The number of piperidine rings is 1. The van der Waals surface area contributed by atoms with Crippen LogP contribution in [-0.4, -0.2) is 70.3 Å². The van der Waals surface area contributed by atoms with Crippen LogP contribution in [0.3, 0.4) is 0 Å². The summed E-state index contributed by atoms with van der Waals surface area (Å²) in [6.07, 6.45) is 3.37. The molecule has 0 radical (unpaired) electrons. The van der Waals surface area contributed by atoms with Crippen molar-refractivity contribution in [1.29, 1.82) is 0 Å². The molecular weight excluding hydrogens is 533 g/mol. The van der Waals surface area contributed by atoms with E-state index in [0.717, 1.165) is 31.5 Å². The second-order valence-electron chi connectivity index (χ2n) is 11.4. The number of carbonyl (C=O) groups is 2. The topological polar surface area (TPSA) is 79.7 Å². The van der Waals surface area contributed by atoms with E-state index in [2.05, 4.69) is 15.3 Å². The van der Waals surface area contributed by atoms with Gasteiger partial charge in [-0.05, 0) is 81.6 Å². The van der Waals surface area contributed by atoms with E-state index in [4.69, 9.17) is 16.3 Å². The molecule has 0 spiro atoms. The molecule has 0 unspecified atom stereocenters. The Morgan fingerprint density at radius 2 is 1.85 bits per heavy atom. The Labute approximate surface area is 239 Å². The molecule has 3 aromatic rings. The Hall–Kier alpha value is -3.27. The fourth-order valence-corrected chi connectivity index (χ4v) is 5.60. The van der Waals surface area contributed by atoms with Crippen molar-refractivity contribution in [2.45, 2.75) is 51.7 Å². The largest absolute Gasteiger partial charge is 0.370 e. The monoisotopic (exact) mass is 567 g/mol. The van der Waals surface area contributed by atoms with Gasteiger partial charge in [-0.25, -0.2) is 4.39 Å². The molecule has 40 heavy (non-hydrogen) atoms. The van der Waals surface area contributed by atoms with Crippen molar-refractivity contribution in [3.63, 3.8) is 0 Å². The van der Waals surface area contributed by atoms with E-state index in [0.29, 0.717) is 47.2 Å². The molecule has 0 atom stereocenters. The first-order chi connectivity index (χ1) is 19.1. The van der Waals surface area contributed by atoms with Crippen molar-refractivity contribution in [3.8, 4) is 11.3 Å². The molecule has 2 aliphatic rings. The number of nitrogens with zero attached hydrogens (tertiary/aromatic N) is 4. The molecule has 2 amide bonds. The summed E-state index contributed by atoms with van der Waals surface area (Å²) in [5, 5.41) is 8.15. The molecule has 0 bridgehead atoms. The molecule has 1 aromatic heterocycles. The van der Waals surface area contributed by atoms with Gasteiger partial charge in [-0.15, -0.1) is 0 Å². The highest BCUT2D eigenvalue weighted by Crippen LogP contribution is 2.31. The molecule has 212 valence electrons. The molecule has 5 rings (SSSR count). The van der Waals surface area contributed by atoms with Crippen LogP contribution in [0, 0.1) is 5.82 Å². The van der Waals surface area contributed by atoms with Crippen molar-refractivity contribution >= 4 is 29.1 Å². The summed E-state index contributed by atoms with van der Waals surface area (Å²) in [5.41, 5.74) is 2.89. The van der Waals surface area contributed by atoms with Crippen molar-refractivity contribution in [1.82, 2.24) is 19.6 Å². The predicted octanol–water partition coefficient (Wildman–Crippen LogP) is 5.17. The molecule has 8 nitrogen and oxygen atoms in total. The van der Waals surface area contributed by atoms with E-state index in [1.54, 1.807) is 35.1 Å². The Bertz CT molecular complexity index is 1380. The number of likely N-dealkylation sites (tertiary alicyclic amines) is 1. The van der Waals surface area contributed by atoms with Crippen molar-refractivity contribution < 1.29 is 18.7 Å². The molecule has 2 aliphatic heterocycles. The Kier molecular flexibility index (Phi) is 8.26. The summed E-state index contributed by atoms with van der Waals surface area (Å²) < 4.78 is 20.7. The number of amides is 2. The van der Waals surface area contributed by atoms with Gasteiger partial charge in [0.15, 0.2) is 0 Å². The number of morpholine rings is 1. The average Bonchev–Trinajstić information content (AvgIpc) is 3.38. The summed E-state index contributed by atoms with van der Waals surface area (Å²) >= 11 is 6.56. The molecule has 10 heteroatoms. The van der Waals surface area contributed by atoms with Crippen LogP contribution in [0.5, 0.6) is 0 Å². The number of hydrogen-bond donors (Lipinski definition) is 1. The van der Waals surface area contributed by atoms with E-state index in [9.17, 15) is 14.0 Å². The minimum absolute atomic E-state index is 0.0758. The maximum atomic E-state index is 13.6. The fourth-order valence-electron chi connectivity index (χ4n) is 5.43. The first-order valence-electron chi connectivity index (χ1n) is 13.6. The van der Waals surface area contributed by atoms with Crippen LogP contribution in [0.4, 0.5) is 10.1 Å². The lowest BCUT2D eigenvalue weighted by atomic mass is 10.0. The number of halogens is 2. The zero-order valence-corrected chi connectivity index (χ0v) is 23.9. The molecule has 1 N–H and O–H groups in total. The maximum Gasteiger partial charge on any atom is 0.259 e. The molecule has 0 saturated carbocycles. The summed E-state index contributed by atoms with van der Waals surface area (Å²) in [7, 11) is 0. The normalized spacial score (nSPS) is 17.3. The smallest absolute Gasteiger partial charge is 0.259 e. The number of hydrogen-bond acceptors (Lipinski definition) is 5. The lowest BCUT2D eigenvalue weighted by Gasteiger charge is -2.40. The number of anilines is 1. The minimum Gasteiger partial charge on any atom is -0.370 e. The summed E-state index contributed by atoms with van der Waals surface area (Å²) in [5.74, 6) is -0.574. The number of carbonyl (C=O) groups excluding carboxylic acids is 2. The number of benzene rings is 2. The zero-order valence-electron chi connectivity index (χ0n) is 23.1.